The van der Waals surface area contributed by atoms with Gasteiger partial charge < -0.3 is 10.0 Å². The van der Waals surface area contributed by atoms with E-state index in [0.29, 0.717) is 0 Å². The molecule has 0 aromatic heterocycles. The maximum absolute atomic E-state index is 8.20. The van der Waals surface area contributed by atoms with E-state index >= 15 is 0 Å². The molecule has 2 nitrogen and oxygen atoms in total. The fraction of sp³-hybridized carbons (Fsp3) is 1.00. The Balaban J connectivity index is 0. The summed E-state index contributed by atoms with van der Waals surface area (Å²) in [7, 11) is 3.85. The van der Waals surface area contributed by atoms with E-state index in [-0.39, 0.29) is 6.61 Å². The molecule has 0 bridgehead atoms. The van der Waals surface area contributed by atoms with Crippen LogP contribution in [-0.2, 0) is 0 Å². The molecule has 0 spiro atoms. The summed E-state index contributed by atoms with van der Waals surface area (Å²) in [6.07, 6.45) is 1.47. The van der Waals surface area contributed by atoms with E-state index in [1.165, 1.54) is 6.38 Å². The van der Waals surface area contributed by atoms with Crippen molar-refractivity contribution in [2.45, 2.75) is 0 Å². The molecule has 8 heavy (non-hydrogen) atoms. The Morgan fingerprint density at radius 1 is 1.38 bits per heavy atom. The molecule has 0 aliphatic carbocycles. The smallest absolute Gasteiger partial charge is 0.0558 e. The van der Waals surface area contributed by atoms with Crippen LogP contribution in [0.3, 0.4) is 0 Å². The van der Waals surface area contributed by atoms with Crippen molar-refractivity contribution < 1.29 is 5.11 Å². The van der Waals surface area contributed by atoms with Crippen molar-refractivity contribution in [1.29, 1.82) is 0 Å². The van der Waals surface area contributed by atoms with Crippen molar-refractivity contribution >= 4 is 11.6 Å². The molecule has 0 saturated heterocycles. The molecule has 0 unspecified atom stereocenters. The van der Waals surface area contributed by atoms with E-state index < -0.39 is 0 Å². The molecule has 52 valence electrons. The molecule has 0 amide bonds. The van der Waals surface area contributed by atoms with E-state index in [9.17, 15) is 0 Å². The Morgan fingerprint density at radius 2 is 1.75 bits per heavy atom. The van der Waals surface area contributed by atoms with Gasteiger partial charge in [0.25, 0.3) is 0 Å². The van der Waals surface area contributed by atoms with Crippen molar-refractivity contribution in [3.05, 3.63) is 0 Å². The van der Waals surface area contributed by atoms with Crippen LogP contribution in [0.2, 0.25) is 0 Å². The number of nitrogens with zero attached hydrogens (tertiary/aromatic N) is 1. The summed E-state index contributed by atoms with van der Waals surface area (Å²) in [5.74, 6) is 0. The van der Waals surface area contributed by atoms with Crippen molar-refractivity contribution in [2.24, 2.45) is 0 Å². The number of likely N-dealkylation sites (N-methyl/N-ethyl adjacent to an activating group) is 1. The number of hydrogen-bond acceptors (Lipinski definition) is 2. The van der Waals surface area contributed by atoms with E-state index in [1.807, 2.05) is 19.0 Å². The second kappa shape index (κ2) is 10.2. The number of aliphatic hydroxyl groups excluding tert-OH is 1. The monoisotopic (exact) mass is 139 g/mol. The van der Waals surface area contributed by atoms with E-state index in [4.69, 9.17) is 5.11 Å². The minimum atomic E-state index is 0.257. The first-order valence-electron chi connectivity index (χ1n) is 2.40. The van der Waals surface area contributed by atoms with Gasteiger partial charge in [-0.3, -0.25) is 0 Å². The summed E-state index contributed by atoms with van der Waals surface area (Å²) < 4.78 is 0. The zero-order valence-corrected chi connectivity index (χ0v) is 6.44. The Hall–Kier alpha value is 0.210. The van der Waals surface area contributed by atoms with Crippen LogP contribution >= 0.6 is 11.6 Å². The van der Waals surface area contributed by atoms with Crippen LogP contribution in [0.5, 0.6) is 0 Å². The summed E-state index contributed by atoms with van der Waals surface area (Å²) in [6, 6.07) is 0. The quantitative estimate of drug-likeness (QED) is 0.560. The SMILES string of the molecule is CCl.CN(C)CCO. The normalized spacial score (nSPS) is 8.25. The maximum Gasteiger partial charge on any atom is 0.0558 e. The van der Waals surface area contributed by atoms with Crippen molar-refractivity contribution in [2.75, 3.05) is 33.6 Å². The summed E-state index contributed by atoms with van der Waals surface area (Å²) in [4.78, 5) is 1.93. The molecule has 1 N–H and O–H groups in total. The largest absolute Gasteiger partial charge is 0.395 e. The predicted octanol–water partition coefficient (Wildman–Crippen LogP) is 0.395. The zero-order valence-electron chi connectivity index (χ0n) is 5.69. The molecule has 0 saturated carbocycles. The van der Waals surface area contributed by atoms with Gasteiger partial charge in [-0.15, -0.1) is 11.6 Å². The van der Waals surface area contributed by atoms with Gasteiger partial charge in [0, 0.05) is 12.9 Å². The molecule has 0 heterocycles. The Labute approximate surface area is 56.1 Å². The molecule has 3 heteroatoms. The molecular weight excluding hydrogens is 126 g/mol. The van der Waals surface area contributed by atoms with Gasteiger partial charge in [0.05, 0.1) is 6.61 Å². The van der Waals surface area contributed by atoms with Crippen LogP contribution in [0.4, 0.5) is 0 Å². The van der Waals surface area contributed by atoms with Gasteiger partial charge in [-0.1, -0.05) is 0 Å². The van der Waals surface area contributed by atoms with E-state index in [2.05, 4.69) is 11.6 Å². The van der Waals surface area contributed by atoms with Crippen molar-refractivity contribution in [3.8, 4) is 0 Å². The number of hydrogen-bond donors (Lipinski definition) is 1. The Bertz CT molecular complexity index is 33.6. The van der Waals surface area contributed by atoms with Crippen molar-refractivity contribution in [1.82, 2.24) is 4.90 Å². The highest BCUT2D eigenvalue weighted by atomic mass is 35.5. The highest BCUT2D eigenvalue weighted by Gasteiger charge is 1.80. The molecule has 0 rings (SSSR count). The minimum Gasteiger partial charge on any atom is -0.395 e. The standard InChI is InChI=1S/C4H11NO.CH3Cl/c1-5(2)3-4-6;1-2/h6H,3-4H2,1-2H3;1H3. The number of alkyl halides is 1. The van der Waals surface area contributed by atoms with Crippen LogP contribution in [0.15, 0.2) is 0 Å². The minimum absolute atomic E-state index is 0.257. The van der Waals surface area contributed by atoms with Gasteiger partial charge in [-0.2, -0.15) is 0 Å². The first-order valence-corrected chi connectivity index (χ1v) is 3.16. The summed E-state index contributed by atoms with van der Waals surface area (Å²) >= 11 is 4.64. The molecule has 0 aliphatic rings. The molecule has 0 atom stereocenters. The first-order chi connectivity index (χ1) is 3.77. The highest BCUT2D eigenvalue weighted by molar-refractivity contribution is 6.15. The lowest BCUT2D eigenvalue weighted by Gasteiger charge is -2.03. The molecular formula is C5H14ClNO. The summed E-state index contributed by atoms with van der Waals surface area (Å²) in [5, 5.41) is 8.20. The lowest BCUT2D eigenvalue weighted by molar-refractivity contribution is 0.243. The van der Waals surface area contributed by atoms with Crippen LogP contribution in [0, 0.1) is 0 Å². The van der Waals surface area contributed by atoms with Gasteiger partial charge in [0.15, 0.2) is 0 Å². The fourth-order valence-corrected chi connectivity index (χ4v) is 0.200. The van der Waals surface area contributed by atoms with E-state index in [1.54, 1.807) is 0 Å². The Morgan fingerprint density at radius 3 is 1.75 bits per heavy atom. The molecule has 0 aromatic rings. The number of aliphatic hydroxyl groups is 1. The Kier molecular flexibility index (Phi) is 14.2. The van der Waals surface area contributed by atoms with Gasteiger partial charge in [-0.25, -0.2) is 0 Å². The van der Waals surface area contributed by atoms with Gasteiger partial charge in [-0.05, 0) is 14.1 Å². The first kappa shape index (κ1) is 11.1. The topological polar surface area (TPSA) is 23.5 Å². The second-order valence-electron chi connectivity index (χ2n) is 1.53. The van der Waals surface area contributed by atoms with Crippen LogP contribution in [-0.4, -0.2) is 43.6 Å². The van der Waals surface area contributed by atoms with E-state index in [0.717, 1.165) is 6.54 Å². The highest BCUT2D eigenvalue weighted by Crippen LogP contribution is 1.66. The van der Waals surface area contributed by atoms with Crippen LogP contribution in [0.25, 0.3) is 0 Å². The third kappa shape index (κ3) is 16.4. The molecule has 0 radical (unpaired) electrons. The second-order valence-corrected chi connectivity index (χ2v) is 1.53. The van der Waals surface area contributed by atoms with Gasteiger partial charge in [0.1, 0.15) is 0 Å². The third-order valence-electron chi connectivity index (χ3n) is 0.547. The maximum atomic E-state index is 8.20. The average molecular weight is 140 g/mol. The zero-order chi connectivity index (χ0) is 6.99. The fourth-order valence-electron chi connectivity index (χ4n) is 0.200. The lowest BCUT2D eigenvalue weighted by atomic mass is 10.6. The third-order valence-corrected chi connectivity index (χ3v) is 0.547. The number of halogens is 1. The average Bonchev–Trinajstić information content (AvgIpc) is 1.72. The summed E-state index contributed by atoms with van der Waals surface area (Å²) in [5.41, 5.74) is 0. The van der Waals surface area contributed by atoms with Gasteiger partial charge >= 0.3 is 0 Å². The predicted molar refractivity (Wildman–Crippen MR) is 37.4 cm³/mol. The summed E-state index contributed by atoms with van der Waals surface area (Å²) in [6.45, 7) is 1.02. The van der Waals surface area contributed by atoms with Crippen molar-refractivity contribution in [3.63, 3.8) is 0 Å². The molecule has 0 aromatic carbocycles. The lowest BCUT2D eigenvalue weighted by Crippen LogP contribution is -2.15. The van der Waals surface area contributed by atoms with Crippen LogP contribution in [0.1, 0.15) is 0 Å². The molecule has 0 aliphatic heterocycles. The van der Waals surface area contributed by atoms with Gasteiger partial charge in [0.2, 0.25) is 0 Å². The van der Waals surface area contributed by atoms with Crippen LogP contribution < -0.4 is 0 Å². The number of rotatable bonds is 2. The molecule has 0 fully saturated rings.